The first kappa shape index (κ1) is 15.0. The molecule has 1 aromatic heterocycles. The van der Waals surface area contributed by atoms with Gasteiger partial charge in [0.05, 0.1) is 5.51 Å². The first-order valence-corrected chi connectivity index (χ1v) is 4.35. The molecule has 0 atom stereocenters. The quantitative estimate of drug-likeness (QED) is 0.814. The van der Waals surface area contributed by atoms with Crippen LogP contribution in [0.15, 0.2) is 10.9 Å². The highest BCUT2D eigenvalue weighted by atomic mass is 79.9. The molecule has 0 spiro atoms. The van der Waals surface area contributed by atoms with Gasteiger partial charge in [0.25, 0.3) is 0 Å². The van der Waals surface area contributed by atoms with E-state index in [2.05, 4.69) is 4.98 Å². The van der Waals surface area contributed by atoms with Gasteiger partial charge in [0.2, 0.25) is 0 Å². The molecular formula is C7H13BrN2O2S. The predicted octanol–water partition coefficient (Wildman–Crippen LogP) is 1.77. The molecule has 0 aromatic carbocycles. The maximum absolute atomic E-state index is 10.0. The second kappa shape index (κ2) is 8.15. The van der Waals surface area contributed by atoms with Gasteiger partial charge in [-0.3, -0.25) is 0 Å². The van der Waals surface area contributed by atoms with Crippen LogP contribution in [0.25, 0.3) is 0 Å². The Labute approximate surface area is 91.6 Å². The summed E-state index contributed by atoms with van der Waals surface area (Å²) >= 11 is 1.28. The van der Waals surface area contributed by atoms with Gasteiger partial charge < -0.3 is 10.8 Å². The summed E-state index contributed by atoms with van der Waals surface area (Å²) in [6.07, 6.45) is 0. The number of nitrogens with zero attached hydrogens (tertiary/aromatic N) is 1. The fourth-order valence-corrected chi connectivity index (χ4v) is 0.844. The number of thiazole rings is 1. The number of halogens is 1. The summed E-state index contributed by atoms with van der Waals surface area (Å²) in [5.41, 5.74) is 6.72. The molecule has 6 heteroatoms. The lowest BCUT2D eigenvalue weighted by atomic mass is 10.5. The van der Waals surface area contributed by atoms with E-state index in [0.29, 0.717) is 6.04 Å². The van der Waals surface area contributed by atoms with Gasteiger partial charge in [0.15, 0.2) is 5.69 Å². The minimum atomic E-state index is -0.966. The van der Waals surface area contributed by atoms with Crippen LogP contribution >= 0.6 is 28.3 Å². The second-order valence-corrected chi connectivity index (χ2v) is 3.14. The molecule has 0 unspecified atom stereocenters. The van der Waals surface area contributed by atoms with E-state index in [9.17, 15) is 4.79 Å². The molecule has 0 aliphatic rings. The molecule has 1 rings (SSSR count). The van der Waals surface area contributed by atoms with E-state index in [1.807, 2.05) is 13.8 Å². The number of carbonyl (C=O) groups is 1. The summed E-state index contributed by atoms with van der Waals surface area (Å²) in [5.74, 6) is -0.966. The Hall–Kier alpha value is -0.460. The highest BCUT2D eigenvalue weighted by molar-refractivity contribution is 8.93. The molecular weight excluding hydrogens is 256 g/mol. The van der Waals surface area contributed by atoms with Crippen LogP contribution in [-0.4, -0.2) is 22.1 Å². The van der Waals surface area contributed by atoms with Crippen molar-refractivity contribution < 1.29 is 9.90 Å². The molecule has 0 saturated carbocycles. The number of hydrogen-bond acceptors (Lipinski definition) is 4. The normalized spacial score (nSPS) is 8.31. The lowest BCUT2D eigenvalue weighted by Crippen LogP contribution is -2.06. The Morgan fingerprint density at radius 3 is 2.31 bits per heavy atom. The van der Waals surface area contributed by atoms with Gasteiger partial charge in [-0.05, 0) is 6.04 Å². The van der Waals surface area contributed by atoms with Gasteiger partial charge in [-0.1, -0.05) is 13.8 Å². The van der Waals surface area contributed by atoms with Crippen molar-refractivity contribution in [3.63, 3.8) is 0 Å². The zero-order chi connectivity index (χ0) is 9.56. The van der Waals surface area contributed by atoms with Crippen molar-refractivity contribution in [3.05, 3.63) is 16.6 Å². The molecule has 0 bridgehead atoms. The standard InChI is InChI=1S/C4H3NO2S.C3H9N.BrH/c6-4(7)3-1-8-2-5-3;1-3(2)4;/h1-2H,(H,6,7);3H,4H2,1-2H3;1H. The fourth-order valence-electron chi connectivity index (χ4n) is 0.318. The summed E-state index contributed by atoms with van der Waals surface area (Å²) in [4.78, 5) is 13.5. The lowest BCUT2D eigenvalue weighted by molar-refractivity contribution is 0.0691. The Morgan fingerprint density at radius 2 is 2.15 bits per heavy atom. The summed E-state index contributed by atoms with van der Waals surface area (Å²) in [6.45, 7) is 3.89. The van der Waals surface area contributed by atoms with E-state index in [1.165, 1.54) is 22.2 Å². The van der Waals surface area contributed by atoms with E-state index in [4.69, 9.17) is 10.8 Å². The zero-order valence-electron chi connectivity index (χ0n) is 7.43. The topological polar surface area (TPSA) is 76.2 Å². The van der Waals surface area contributed by atoms with Crippen LogP contribution in [0, 0.1) is 0 Å². The van der Waals surface area contributed by atoms with E-state index in [0.717, 1.165) is 0 Å². The maximum atomic E-state index is 10.0. The van der Waals surface area contributed by atoms with Gasteiger partial charge >= 0.3 is 5.97 Å². The van der Waals surface area contributed by atoms with E-state index in [-0.39, 0.29) is 22.7 Å². The van der Waals surface area contributed by atoms with Crippen molar-refractivity contribution in [1.82, 2.24) is 4.98 Å². The smallest absolute Gasteiger partial charge is 0.355 e. The molecule has 1 heterocycles. The predicted molar refractivity (Wildman–Crippen MR) is 58.7 cm³/mol. The molecule has 0 amide bonds. The van der Waals surface area contributed by atoms with Crippen LogP contribution in [-0.2, 0) is 0 Å². The molecule has 13 heavy (non-hydrogen) atoms. The number of carboxylic acids is 1. The average Bonchev–Trinajstić information content (AvgIpc) is 2.34. The largest absolute Gasteiger partial charge is 0.476 e. The molecule has 4 nitrogen and oxygen atoms in total. The van der Waals surface area contributed by atoms with Gasteiger partial charge in [-0.25, -0.2) is 9.78 Å². The number of hydrogen-bond donors (Lipinski definition) is 2. The van der Waals surface area contributed by atoms with Gasteiger partial charge in [0.1, 0.15) is 0 Å². The van der Waals surface area contributed by atoms with Crippen molar-refractivity contribution >= 4 is 34.3 Å². The summed E-state index contributed by atoms with van der Waals surface area (Å²) in [5, 5.41) is 9.71. The zero-order valence-corrected chi connectivity index (χ0v) is 9.96. The Morgan fingerprint density at radius 1 is 1.69 bits per heavy atom. The molecule has 0 aliphatic carbocycles. The summed E-state index contributed by atoms with van der Waals surface area (Å²) in [7, 11) is 0. The molecule has 1 aromatic rings. The SMILES string of the molecule is Br.CC(C)N.O=C(O)c1cscn1. The summed E-state index contributed by atoms with van der Waals surface area (Å²) < 4.78 is 0. The Balaban J connectivity index is 0. The van der Waals surface area contributed by atoms with Crippen molar-refractivity contribution in [1.29, 1.82) is 0 Å². The third kappa shape index (κ3) is 9.45. The van der Waals surface area contributed by atoms with E-state index in [1.54, 1.807) is 0 Å². The molecule has 0 aliphatic heterocycles. The first-order chi connectivity index (χ1) is 5.54. The summed E-state index contributed by atoms with van der Waals surface area (Å²) in [6, 6.07) is 0.333. The van der Waals surface area contributed by atoms with Crippen molar-refractivity contribution in [2.45, 2.75) is 19.9 Å². The highest BCUT2D eigenvalue weighted by Crippen LogP contribution is 1.98. The number of carboxylic acid groups (broad SMARTS) is 1. The molecule has 76 valence electrons. The number of rotatable bonds is 1. The monoisotopic (exact) mass is 268 g/mol. The maximum Gasteiger partial charge on any atom is 0.355 e. The molecule has 3 N–H and O–H groups in total. The third-order valence-corrected chi connectivity index (χ3v) is 1.24. The number of aromatic nitrogens is 1. The lowest BCUT2D eigenvalue weighted by Gasteiger charge is -1.81. The second-order valence-electron chi connectivity index (χ2n) is 2.42. The third-order valence-electron chi connectivity index (χ3n) is 0.651. The Kier molecular flexibility index (Phi) is 9.43. The van der Waals surface area contributed by atoms with Crippen LogP contribution in [0.1, 0.15) is 24.3 Å². The highest BCUT2D eigenvalue weighted by Gasteiger charge is 2.00. The minimum absolute atomic E-state index is 0. The van der Waals surface area contributed by atoms with Crippen LogP contribution in [0.4, 0.5) is 0 Å². The van der Waals surface area contributed by atoms with Crippen LogP contribution < -0.4 is 5.73 Å². The Bertz CT molecular complexity index is 224. The van der Waals surface area contributed by atoms with Crippen LogP contribution in [0.3, 0.4) is 0 Å². The molecule has 0 fully saturated rings. The van der Waals surface area contributed by atoms with Gasteiger partial charge in [0, 0.05) is 5.38 Å². The first-order valence-electron chi connectivity index (χ1n) is 3.41. The molecule has 0 saturated heterocycles. The number of nitrogens with two attached hydrogens (primary N) is 1. The van der Waals surface area contributed by atoms with Crippen LogP contribution in [0.5, 0.6) is 0 Å². The number of aromatic carboxylic acids is 1. The fraction of sp³-hybridized carbons (Fsp3) is 0.429. The van der Waals surface area contributed by atoms with Gasteiger partial charge in [-0.2, -0.15) is 0 Å². The van der Waals surface area contributed by atoms with Crippen molar-refractivity contribution in [2.75, 3.05) is 0 Å². The average molecular weight is 269 g/mol. The van der Waals surface area contributed by atoms with Crippen LogP contribution in [0.2, 0.25) is 0 Å². The molecule has 0 radical (unpaired) electrons. The van der Waals surface area contributed by atoms with E-state index < -0.39 is 5.97 Å². The minimum Gasteiger partial charge on any atom is -0.476 e. The van der Waals surface area contributed by atoms with Gasteiger partial charge in [-0.15, -0.1) is 28.3 Å². The van der Waals surface area contributed by atoms with E-state index >= 15 is 0 Å². The van der Waals surface area contributed by atoms with Crippen molar-refractivity contribution in [2.24, 2.45) is 5.73 Å². The van der Waals surface area contributed by atoms with Crippen molar-refractivity contribution in [3.8, 4) is 0 Å².